The molecule has 0 aliphatic heterocycles. The van der Waals surface area contributed by atoms with Crippen LogP contribution in [0.4, 0.5) is 11.5 Å². The Kier molecular flexibility index (Phi) is 5.24. The quantitative estimate of drug-likeness (QED) is 0.599. The summed E-state index contributed by atoms with van der Waals surface area (Å²) < 4.78 is 4.97. The van der Waals surface area contributed by atoms with Crippen molar-refractivity contribution in [3.8, 4) is 5.88 Å². The molecular weight excluding hydrogens is 266 g/mol. The van der Waals surface area contributed by atoms with Crippen LogP contribution in [0.25, 0.3) is 0 Å². The lowest BCUT2D eigenvalue weighted by molar-refractivity contribution is -0.384. The van der Waals surface area contributed by atoms with Gasteiger partial charge in [0, 0.05) is 24.7 Å². The Morgan fingerprint density at radius 3 is 2.65 bits per heavy atom. The first kappa shape index (κ1) is 15.7. The Labute approximate surface area is 116 Å². The van der Waals surface area contributed by atoms with E-state index in [0.29, 0.717) is 0 Å². The van der Waals surface area contributed by atoms with E-state index in [2.05, 4.69) is 4.98 Å². The van der Waals surface area contributed by atoms with Gasteiger partial charge in [0.15, 0.2) is 0 Å². The van der Waals surface area contributed by atoms with Crippen LogP contribution in [0, 0.1) is 10.1 Å². The van der Waals surface area contributed by atoms with Crippen molar-refractivity contribution in [2.24, 2.45) is 0 Å². The normalized spacial score (nSPS) is 10.4. The molecule has 110 valence electrons. The van der Waals surface area contributed by atoms with Gasteiger partial charge in [-0.05, 0) is 13.8 Å². The molecule has 1 N–H and O–H groups in total. The molecule has 0 unspecified atom stereocenters. The summed E-state index contributed by atoms with van der Waals surface area (Å²) in [5, 5.41) is 19.8. The maximum absolute atomic E-state index is 11.1. The number of rotatable bonds is 7. The smallest absolute Gasteiger partial charge is 0.311 e. The number of aromatic nitrogens is 1. The van der Waals surface area contributed by atoms with Gasteiger partial charge in [-0.3, -0.25) is 14.9 Å². The van der Waals surface area contributed by atoms with Crippen molar-refractivity contribution < 1.29 is 19.6 Å². The molecule has 0 bridgehead atoms. The Balaban J connectivity index is 3.21. The highest BCUT2D eigenvalue weighted by molar-refractivity contribution is 5.68. The number of methoxy groups -OCH3 is 1. The summed E-state index contributed by atoms with van der Waals surface area (Å²) in [7, 11) is 1.41. The first-order chi connectivity index (χ1) is 9.36. The second-order valence-corrected chi connectivity index (χ2v) is 4.38. The molecule has 0 spiro atoms. The summed E-state index contributed by atoms with van der Waals surface area (Å²) in [5.41, 5.74) is -0.176. The monoisotopic (exact) mass is 283 g/mol. The van der Waals surface area contributed by atoms with Crippen molar-refractivity contribution in [2.45, 2.75) is 26.3 Å². The largest absolute Gasteiger partial charge is 0.481 e. The number of carbonyl (C=O) groups is 1. The van der Waals surface area contributed by atoms with Gasteiger partial charge in [0.05, 0.1) is 18.5 Å². The van der Waals surface area contributed by atoms with E-state index in [1.165, 1.54) is 19.2 Å². The molecular formula is C12H17N3O5. The first-order valence-electron chi connectivity index (χ1n) is 6.04. The molecule has 1 aromatic rings. The van der Waals surface area contributed by atoms with E-state index < -0.39 is 10.9 Å². The number of aliphatic carboxylic acids is 1. The van der Waals surface area contributed by atoms with Crippen LogP contribution in [-0.2, 0) is 4.79 Å². The third-order valence-corrected chi connectivity index (χ3v) is 2.70. The predicted molar refractivity (Wildman–Crippen MR) is 72.2 cm³/mol. The number of hydrogen-bond acceptors (Lipinski definition) is 6. The molecule has 0 aromatic carbocycles. The average molecular weight is 283 g/mol. The lowest BCUT2D eigenvalue weighted by Crippen LogP contribution is -2.34. The van der Waals surface area contributed by atoms with Gasteiger partial charge in [-0.1, -0.05) is 0 Å². The number of carboxylic acids is 1. The van der Waals surface area contributed by atoms with Gasteiger partial charge >= 0.3 is 11.7 Å². The molecule has 0 saturated heterocycles. The highest BCUT2D eigenvalue weighted by Gasteiger charge is 2.24. The molecule has 0 aliphatic rings. The number of anilines is 1. The number of ether oxygens (including phenoxy) is 1. The maximum atomic E-state index is 11.1. The van der Waals surface area contributed by atoms with Crippen LogP contribution < -0.4 is 9.64 Å². The van der Waals surface area contributed by atoms with E-state index in [1.54, 1.807) is 4.90 Å². The summed E-state index contributed by atoms with van der Waals surface area (Å²) in [4.78, 5) is 26.9. The Morgan fingerprint density at radius 2 is 2.20 bits per heavy atom. The van der Waals surface area contributed by atoms with Crippen LogP contribution in [0.2, 0.25) is 0 Å². The molecule has 20 heavy (non-hydrogen) atoms. The van der Waals surface area contributed by atoms with Crippen molar-refractivity contribution >= 4 is 17.5 Å². The van der Waals surface area contributed by atoms with Crippen molar-refractivity contribution in [3.05, 3.63) is 22.2 Å². The molecule has 0 amide bonds. The van der Waals surface area contributed by atoms with Crippen LogP contribution >= 0.6 is 0 Å². The van der Waals surface area contributed by atoms with Gasteiger partial charge in [0.1, 0.15) is 0 Å². The minimum absolute atomic E-state index is 0.116. The summed E-state index contributed by atoms with van der Waals surface area (Å²) >= 11 is 0. The zero-order chi connectivity index (χ0) is 15.3. The highest BCUT2D eigenvalue weighted by atomic mass is 16.6. The van der Waals surface area contributed by atoms with E-state index in [4.69, 9.17) is 9.84 Å². The third-order valence-electron chi connectivity index (χ3n) is 2.70. The summed E-state index contributed by atoms with van der Waals surface area (Å²) in [6, 6.07) is 2.57. The van der Waals surface area contributed by atoms with E-state index in [9.17, 15) is 14.9 Å². The molecule has 0 fully saturated rings. The molecule has 0 radical (unpaired) electrons. The Bertz CT molecular complexity index is 504. The molecule has 0 aliphatic carbocycles. The van der Waals surface area contributed by atoms with Crippen molar-refractivity contribution in [1.82, 2.24) is 4.98 Å². The van der Waals surface area contributed by atoms with E-state index >= 15 is 0 Å². The number of hydrogen-bond donors (Lipinski definition) is 1. The molecule has 1 aromatic heterocycles. The average Bonchev–Trinajstić information content (AvgIpc) is 2.37. The van der Waals surface area contributed by atoms with Gasteiger partial charge in [-0.25, -0.2) is 0 Å². The fraction of sp³-hybridized carbons (Fsp3) is 0.500. The minimum Gasteiger partial charge on any atom is -0.481 e. The number of pyridine rings is 1. The fourth-order valence-corrected chi connectivity index (χ4v) is 1.72. The third kappa shape index (κ3) is 3.81. The van der Waals surface area contributed by atoms with Crippen LogP contribution in [0.1, 0.15) is 20.3 Å². The van der Waals surface area contributed by atoms with Crippen LogP contribution in [0.3, 0.4) is 0 Å². The van der Waals surface area contributed by atoms with Gasteiger partial charge in [-0.15, -0.1) is 0 Å². The summed E-state index contributed by atoms with van der Waals surface area (Å²) in [6.45, 7) is 3.76. The number of carboxylic acid groups (broad SMARTS) is 1. The molecule has 0 atom stereocenters. The zero-order valence-corrected chi connectivity index (χ0v) is 11.6. The second kappa shape index (κ2) is 6.69. The highest BCUT2D eigenvalue weighted by Crippen LogP contribution is 2.29. The predicted octanol–water partition coefficient (Wildman–Crippen LogP) is 1.69. The molecule has 1 rings (SSSR count). The van der Waals surface area contributed by atoms with Gasteiger partial charge in [0.25, 0.3) is 0 Å². The van der Waals surface area contributed by atoms with Crippen molar-refractivity contribution in [2.75, 3.05) is 18.6 Å². The van der Waals surface area contributed by atoms with Gasteiger partial charge < -0.3 is 14.7 Å². The fourth-order valence-electron chi connectivity index (χ4n) is 1.72. The van der Waals surface area contributed by atoms with Crippen LogP contribution in [0.15, 0.2) is 12.1 Å². The van der Waals surface area contributed by atoms with Crippen molar-refractivity contribution in [1.29, 1.82) is 0 Å². The standard InChI is InChI=1S/C12H17N3O5/c1-8(2)14(7-6-11(16)17)12-9(15(18)19)4-5-10(13-12)20-3/h4-5,8H,6-7H2,1-3H3,(H,16,17). The number of nitrogens with zero attached hydrogens (tertiary/aromatic N) is 3. The topological polar surface area (TPSA) is 106 Å². The van der Waals surface area contributed by atoms with Gasteiger partial charge in [0.2, 0.25) is 11.7 Å². The van der Waals surface area contributed by atoms with Crippen LogP contribution in [-0.4, -0.2) is 40.7 Å². The number of nitro groups is 1. The minimum atomic E-state index is -0.971. The van der Waals surface area contributed by atoms with E-state index in [1.807, 2.05) is 13.8 Å². The maximum Gasteiger partial charge on any atom is 0.311 e. The van der Waals surface area contributed by atoms with E-state index in [0.717, 1.165) is 0 Å². The zero-order valence-electron chi connectivity index (χ0n) is 11.6. The summed E-state index contributed by atoms with van der Waals surface area (Å²) in [5.74, 6) is -0.613. The first-order valence-corrected chi connectivity index (χ1v) is 6.04. The van der Waals surface area contributed by atoms with Crippen LogP contribution in [0.5, 0.6) is 5.88 Å². The molecule has 8 nitrogen and oxygen atoms in total. The lowest BCUT2D eigenvalue weighted by atomic mass is 10.2. The Morgan fingerprint density at radius 1 is 1.55 bits per heavy atom. The van der Waals surface area contributed by atoms with E-state index in [-0.39, 0.29) is 36.4 Å². The van der Waals surface area contributed by atoms with Gasteiger partial charge in [-0.2, -0.15) is 4.98 Å². The van der Waals surface area contributed by atoms with Crippen molar-refractivity contribution in [3.63, 3.8) is 0 Å². The lowest BCUT2D eigenvalue weighted by Gasteiger charge is -2.27. The Hall–Kier alpha value is -2.38. The SMILES string of the molecule is COc1ccc([N+](=O)[O-])c(N(CCC(=O)O)C(C)C)n1. The second-order valence-electron chi connectivity index (χ2n) is 4.38. The molecule has 8 heteroatoms. The molecule has 1 heterocycles. The summed E-state index contributed by atoms with van der Waals surface area (Å²) in [6.07, 6.45) is -0.131. The molecule has 0 saturated carbocycles.